The van der Waals surface area contributed by atoms with E-state index in [1.54, 1.807) is 18.3 Å². The number of amidine groups is 1. The Kier molecular flexibility index (Phi) is 9.28. The number of piperazine rings is 1. The van der Waals surface area contributed by atoms with Crippen LogP contribution in [0.3, 0.4) is 0 Å². The van der Waals surface area contributed by atoms with Crippen LogP contribution in [0.1, 0.15) is 39.9 Å². The highest BCUT2D eigenvalue weighted by Gasteiger charge is 2.21. The maximum Gasteiger partial charge on any atom is 0.281 e. The van der Waals surface area contributed by atoms with Gasteiger partial charge in [0.15, 0.2) is 0 Å². The Bertz CT molecular complexity index is 1430. The third-order valence-corrected chi connectivity index (χ3v) is 7.78. The van der Waals surface area contributed by atoms with Gasteiger partial charge in [-0.3, -0.25) is 4.79 Å². The first-order chi connectivity index (χ1) is 20.2. The van der Waals surface area contributed by atoms with Crippen LogP contribution in [0.2, 0.25) is 0 Å². The monoisotopic (exact) mass is 577 g/mol. The number of rotatable bonds is 8. The molecule has 5 rings (SSSR count). The van der Waals surface area contributed by atoms with Crippen molar-refractivity contribution < 1.29 is 18.3 Å². The molecule has 1 amide bonds. The summed E-state index contributed by atoms with van der Waals surface area (Å²) in [4.78, 5) is 26.6. The molecule has 3 heterocycles. The summed E-state index contributed by atoms with van der Waals surface area (Å²) in [5, 5.41) is 3.55. The number of carbonyl (C=O) groups is 1. The van der Waals surface area contributed by atoms with Gasteiger partial charge in [0.25, 0.3) is 5.91 Å². The van der Waals surface area contributed by atoms with Crippen LogP contribution in [0, 0.1) is 11.6 Å². The van der Waals surface area contributed by atoms with Gasteiger partial charge in [0.2, 0.25) is 0 Å². The molecule has 0 atom stereocenters. The van der Waals surface area contributed by atoms with Crippen molar-refractivity contribution in [1.82, 2.24) is 9.88 Å². The maximum atomic E-state index is 13.6. The van der Waals surface area contributed by atoms with Gasteiger partial charge in [0.05, 0.1) is 11.1 Å². The van der Waals surface area contributed by atoms with Gasteiger partial charge in [-0.05, 0) is 80.3 Å². The fourth-order valence-electron chi connectivity index (χ4n) is 5.30. The van der Waals surface area contributed by atoms with E-state index < -0.39 is 17.5 Å². The highest BCUT2D eigenvalue weighted by Crippen LogP contribution is 2.28. The first-order valence-electron chi connectivity index (χ1n) is 14.2. The summed E-state index contributed by atoms with van der Waals surface area (Å²) in [6.45, 7) is 5.09. The molecule has 11 heteroatoms. The van der Waals surface area contributed by atoms with Gasteiger partial charge in [0, 0.05) is 69.1 Å². The molecule has 1 aromatic heterocycles. The molecule has 5 N–H and O–H groups in total. The van der Waals surface area contributed by atoms with E-state index in [0.717, 1.165) is 56.3 Å². The van der Waals surface area contributed by atoms with Crippen LogP contribution < -0.4 is 21.7 Å². The SMILES string of the molecule is CN1CCN(c2ccc(C(=O)N=C(N)c3cc(CCc4cc(F)cc(F)c4)cnc3N)c(NC3CCOCC3)c2)CC1. The number of aliphatic imine (C=N–C) groups is 1. The largest absolute Gasteiger partial charge is 0.383 e. The number of benzene rings is 2. The minimum absolute atomic E-state index is 0.0520. The lowest BCUT2D eigenvalue weighted by Gasteiger charge is -2.34. The minimum Gasteiger partial charge on any atom is -0.383 e. The molecule has 222 valence electrons. The molecule has 2 aliphatic heterocycles. The normalized spacial score (nSPS) is 16.9. The van der Waals surface area contributed by atoms with Crippen LogP contribution in [-0.4, -0.2) is 74.1 Å². The Labute approximate surface area is 244 Å². The Morgan fingerprint density at radius 3 is 2.40 bits per heavy atom. The third kappa shape index (κ3) is 7.40. The van der Waals surface area contributed by atoms with Crippen LogP contribution in [0.5, 0.6) is 0 Å². The predicted octanol–water partition coefficient (Wildman–Crippen LogP) is 3.62. The average Bonchev–Trinajstić information content (AvgIpc) is 2.97. The predicted molar refractivity (Wildman–Crippen MR) is 161 cm³/mol. The van der Waals surface area contributed by atoms with E-state index in [0.29, 0.717) is 48.4 Å². The lowest BCUT2D eigenvalue weighted by molar-refractivity contribution is 0.0904. The van der Waals surface area contributed by atoms with Crippen molar-refractivity contribution in [1.29, 1.82) is 0 Å². The maximum absolute atomic E-state index is 13.6. The van der Waals surface area contributed by atoms with Gasteiger partial charge < -0.3 is 31.3 Å². The number of anilines is 3. The standard InChI is InChI=1S/C31H37F2N7O2/c1-39-8-10-40(11-9-39)25-4-5-26(28(18-25)37-24-6-12-42-13-7-24)31(41)38-30(35)27-16-21(19-36-29(27)34)3-2-20-14-22(32)17-23(33)15-20/h4-5,14-19,24,37H,2-3,6-13H2,1H3,(H2,34,36)(H2,35,38,41). The number of amides is 1. The summed E-state index contributed by atoms with van der Waals surface area (Å²) in [7, 11) is 2.11. The summed E-state index contributed by atoms with van der Waals surface area (Å²) in [6, 6.07) is 11.1. The number of nitrogens with zero attached hydrogens (tertiary/aromatic N) is 4. The van der Waals surface area contributed by atoms with Gasteiger partial charge in [-0.25, -0.2) is 13.8 Å². The van der Waals surface area contributed by atoms with Crippen LogP contribution in [0.4, 0.5) is 26.0 Å². The Balaban J connectivity index is 1.37. The topological polar surface area (TPSA) is 122 Å². The zero-order valence-electron chi connectivity index (χ0n) is 23.8. The molecule has 2 fully saturated rings. The van der Waals surface area contributed by atoms with Gasteiger partial charge in [0.1, 0.15) is 23.3 Å². The molecular formula is C31H37F2N7O2. The van der Waals surface area contributed by atoms with Crippen molar-refractivity contribution in [3.8, 4) is 0 Å². The van der Waals surface area contributed by atoms with Crippen molar-refractivity contribution in [2.24, 2.45) is 10.7 Å². The second kappa shape index (κ2) is 13.3. The molecule has 2 saturated heterocycles. The smallest absolute Gasteiger partial charge is 0.281 e. The number of nitrogens with two attached hydrogens (primary N) is 2. The van der Waals surface area contributed by atoms with E-state index in [2.05, 4.69) is 32.1 Å². The Morgan fingerprint density at radius 2 is 1.69 bits per heavy atom. The van der Waals surface area contributed by atoms with E-state index in [4.69, 9.17) is 16.2 Å². The van der Waals surface area contributed by atoms with E-state index in [1.807, 2.05) is 12.1 Å². The molecule has 9 nitrogen and oxygen atoms in total. The number of hydrogen-bond acceptors (Lipinski definition) is 7. The highest BCUT2D eigenvalue weighted by atomic mass is 19.1. The van der Waals surface area contributed by atoms with Crippen molar-refractivity contribution >= 4 is 28.9 Å². The van der Waals surface area contributed by atoms with Gasteiger partial charge in [-0.1, -0.05) is 0 Å². The lowest BCUT2D eigenvalue weighted by Crippen LogP contribution is -2.44. The number of aromatic nitrogens is 1. The molecule has 2 aromatic carbocycles. The van der Waals surface area contributed by atoms with E-state index in [9.17, 15) is 13.6 Å². The molecule has 42 heavy (non-hydrogen) atoms. The molecule has 0 bridgehead atoms. The molecule has 0 radical (unpaired) electrons. The zero-order valence-corrected chi connectivity index (χ0v) is 23.8. The van der Waals surface area contributed by atoms with Crippen molar-refractivity contribution in [3.05, 3.63) is 82.5 Å². The van der Waals surface area contributed by atoms with Gasteiger partial charge in [-0.15, -0.1) is 0 Å². The van der Waals surface area contributed by atoms with Crippen LogP contribution >= 0.6 is 0 Å². The molecule has 0 unspecified atom stereocenters. The minimum atomic E-state index is -0.627. The van der Waals surface area contributed by atoms with Crippen LogP contribution in [-0.2, 0) is 17.6 Å². The lowest BCUT2D eigenvalue weighted by atomic mass is 10.0. The Morgan fingerprint density at radius 1 is 1.00 bits per heavy atom. The number of carbonyl (C=O) groups excluding carboxylic acids is 1. The summed E-state index contributed by atoms with van der Waals surface area (Å²) >= 11 is 0. The van der Waals surface area contributed by atoms with E-state index in [1.165, 1.54) is 12.1 Å². The van der Waals surface area contributed by atoms with Crippen molar-refractivity contribution in [2.45, 2.75) is 31.7 Å². The third-order valence-electron chi connectivity index (χ3n) is 7.78. The number of nitrogens with one attached hydrogen (secondary N) is 1. The molecule has 0 aliphatic carbocycles. The molecule has 0 spiro atoms. The fourth-order valence-corrected chi connectivity index (χ4v) is 5.30. The Hall–Kier alpha value is -4.09. The average molecular weight is 578 g/mol. The number of hydrogen-bond donors (Lipinski definition) is 3. The summed E-state index contributed by atoms with van der Waals surface area (Å²) in [5.74, 6) is -1.66. The van der Waals surface area contributed by atoms with Crippen LogP contribution in [0.25, 0.3) is 0 Å². The highest BCUT2D eigenvalue weighted by molar-refractivity contribution is 6.12. The second-order valence-electron chi connectivity index (χ2n) is 10.9. The summed E-state index contributed by atoms with van der Waals surface area (Å²) in [6.07, 6.45) is 4.09. The van der Waals surface area contributed by atoms with Crippen molar-refractivity contribution in [2.75, 3.05) is 62.4 Å². The first-order valence-corrected chi connectivity index (χ1v) is 14.2. The number of pyridine rings is 1. The molecule has 2 aliphatic rings. The molecular weight excluding hydrogens is 540 g/mol. The number of aryl methyl sites for hydroxylation is 2. The molecule has 0 saturated carbocycles. The number of nitrogen functional groups attached to an aromatic ring is 1. The van der Waals surface area contributed by atoms with Gasteiger partial charge in [-0.2, -0.15) is 4.99 Å². The fraction of sp³-hybridized carbons (Fsp3) is 0.387. The first kappa shape index (κ1) is 29.4. The second-order valence-corrected chi connectivity index (χ2v) is 10.9. The zero-order chi connectivity index (χ0) is 29.6. The number of ether oxygens (including phenoxy) is 1. The van der Waals surface area contributed by atoms with E-state index in [-0.39, 0.29) is 17.7 Å². The van der Waals surface area contributed by atoms with Gasteiger partial charge >= 0.3 is 0 Å². The van der Waals surface area contributed by atoms with E-state index >= 15 is 0 Å². The number of halogens is 2. The summed E-state index contributed by atoms with van der Waals surface area (Å²) < 4.78 is 32.7. The molecule has 3 aromatic rings. The van der Waals surface area contributed by atoms with Crippen molar-refractivity contribution in [3.63, 3.8) is 0 Å². The number of likely N-dealkylation sites (N-methyl/N-ethyl adjacent to an activating group) is 1. The summed E-state index contributed by atoms with van der Waals surface area (Å²) in [5.41, 5.74) is 16.2. The quantitative estimate of drug-likeness (QED) is 0.274. The van der Waals surface area contributed by atoms with Crippen LogP contribution in [0.15, 0.2) is 53.7 Å².